The van der Waals surface area contributed by atoms with E-state index in [1.54, 1.807) is 37.8 Å². The van der Waals surface area contributed by atoms with Crippen molar-refractivity contribution in [2.24, 2.45) is 40.2 Å². The molecule has 4 fully saturated rings. The molecule has 0 radical (unpaired) electrons. The highest BCUT2D eigenvalue weighted by molar-refractivity contribution is 6.38. The lowest BCUT2D eigenvalue weighted by molar-refractivity contribution is -0.150. The molecule has 48 heavy (non-hydrogen) atoms. The number of piperidine rings is 1. The van der Waals surface area contributed by atoms with E-state index in [0.29, 0.717) is 25.1 Å². The number of nitrogens with zero attached hydrogens (tertiary/aromatic N) is 1. The molecule has 3 saturated carbocycles. The third-order valence-electron chi connectivity index (χ3n) is 11.2. The second-order valence-electron chi connectivity index (χ2n) is 15.8. The predicted molar refractivity (Wildman–Crippen MR) is 174 cm³/mol. The molecule has 1 aromatic rings. The Kier molecular flexibility index (Phi) is 10.3. The lowest BCUT2D eigenvalue weighted by atomic mass is 9.78. The first-order chi connectivity index (χ1) is 22.6. The fraction of sp³-hybridized carbons (Fsp3) is 0.714. The summed E-state index contributed by atoms with van der Waals surface area (Å²) >= 11 is 0. The normalized spacial score (nSPS) is 25.4. The Labute approximate surface area is 281 Å². The maximum atomic E-state index is 14.5. The minimum absolute atomic E-state index is 0.0706. The van der Waals surface area contributed by atoms with Crippen molar-refractivity contribution in [3.63, 3.8) is 0 Å². The topological polar surface area (TPSA) is 190 Å². The summed E-state index contributed by atoms with van der Waals surface area (Å²) in [4.78, 5) is 81.4. The Morgan fingerprint density at radius 2 is 1.60 bits per heavy atom. The van der Waals surface area contributed by atoms with Gasteiger partial charge in [-0.2, -0.15) is 0 Å². The maximum absolute atomic E-state index is 14.5. The number of carbonyl (C=O) groups excluding carboxylic acids is 6. The second-order valence-corrected chi connectivity index (χ2v) is 15.8. The van der Waals surface area contributed by atoms with Crippen molar-refractivity contribution in [2.75, 3.05) is 6.54 Å². The minimum atomic E-state index is -1.10. The van der Waals surface area contributed by atoms with Crippen LogP contribution in [0.25, 0.3) is 0 Å². The number of esters is 1. The molecule has 1 unspecified atom stereocenters. The van der Waals surface area contributed by atoms with Crippen LogP contribution in [0.15, 0.2) is 22.8 Å². The van der Waals surface area contributed by atoms with E-state index in [4.69, 9.17) is 14.9 Å². The Morgan fingerprint density at radius 3 is 2.17 bits per heavy atom. The van der Waals surface area contributed by atoms with E-state index in [-0.39, 0.29) is 41.6 Å². The fourth-order valence-electron chi connectivity index (χ4n) is 7.97. The lowest BCUT2D eigenvalue weighted by Gasteiger charge is -2.38. The summed E-state index contributed by atoms with van der Waals surface area (Å²) in [5.41, 5.74) is 4.43. The van der Waals surface area contributed by atoms with Crippen molar-refractivity contribution in [2.45, 2.75) is 117 Å². The van der Waals surface area contributed by atoms with E-state index >= 15 is 0 Å². The van der Waals surface area contributed by atoms with Gasteiger partial charge in [-0.15, -0.1) is 0 Å². The molecule has 2 heterocycles. The molecule has 13 heteroatoms. The van der Waals surface area contributed by atoms with Crippen LogP contribution >= 0.6 is 0 Å². The van der Waals surface area contributed by atoms with Crippen molar-refractivity contribution in [1.82, 2.24) is 20.9 Å². The van der Waals surface area contributed by atoms with Crippen molar-refractivity contribution >= 4 is 35.5 Å². The van der Waals surface area contributed by atoms with Gasteiger partial charge in [0, 0.05) is 6.54 Å². The molecule has 1 aromatic heterocycles. The van der Waals surface area contributed by atoms with Gasteiger partial charge in [-0.3, -0.25) is 19.2 Å². The minimum Gasteiger partial charge on any atom is -0.466 e. The number of fused-ring (bicyclic) bond motifs is 1. The number of likely N-dealkylation sites (tertiary alicyclic amines) is 1. The van der Waals surface area contributed by atoms with E-state index in [1.807, 2.05) is 0 Å². The Morgan fingerprint density at radius 1 is 0.958 bits per heavy atom. The van der Waals surface area contributed by atoms with E-state index in [9.17, 15) is 28.8 Å². The molecule has 4 aliphatic rings. The lowest BCUT2D eigenvalue weighted by Crippen LogP contribution is -2.62. The number of carbonyl (C=O) groups is 6. The summed E-state index contributed by atoms with van der Waals surface area (Å²) in [5.74, 6) is -3.35. The first-order valence-electron chi connectivity index (χ1n) is 17.3. The van der Waals surface area contributed by atoms with Gasteiger partial charge in [0.25, 0.3) is 5.91 Å². The maximum Gasteiger partial charge on any atom is 0.329 e. The molecule has 5 amide bonds. The Balaban J connectivity index is 1.34. The average molecular weight is 670 g/mol. The van der Waals surface area contributed by atoms with Crippen molar-refractivity contribution < 1.29 is 37.9 Å². The molecule has 5 N–H and O–H groups in total. The van der Waals surface area contributed by atoms with Gasteiger partial charge in [-0.25, -0.2) is 9.59 Å². The van der Waals surface area contributed by atoms with Gasteiger partial charge < -0.3 is 35.7 Å². The number of furan rings is 1. The number of amides is 5. The number of primary amides is 1. The summed E-state index contributed by atoms with van der Waals surface area (Å²) < 4.78 is 10.7. The van der Waals surface area contributed by atoms with Crippen LogP contribution in [-0.2, 0) is 35.3 Å². The zero-order valence-electron chi connectivity index (χ0n) is 28.7. The number of nitrogens with one attached hydrogen (secondary N) is 3. The van der Waals surface area contributed by atoms with Gasteiger partial charge in [-0.05, 0) is 72.3 Å². The van der Waals surface area contributed by atoms with Crippen LogP contribution in [0.2, 0.25) is 0 Å². The molecule has 5 rings (SSSR count). The highest BCUT2D eigenvalue weighted by atomic mass is 16.5. The number of rotatable bonds is 12. The Hall–Kier alpha value is -3.90. The average Bonchev–Trinajstić information content (AvgIpc) is 3.44. The molecule has 264 valence electrons. The molecule has 3 aliphatic carbocycles. The summed E-state index contributed by atoms with van der Waals surface area (Å²) in [7, 11) is 0. The largest absolute Gasteiger partial charge is 0.466 e. The summed E-state index contributed by atoms with van der Waals surface area (Å²) in [6.07, 6.45) is 8.06. The molecule has 6 atom stereocenters. The quantitative estimate of drug-likeness (QED) is 0.193. The summed E-state index contributed by atoms with van der Waals surface area (Å²) in [5, 5.41) is 8.47. The van der Waals surface area contributed by atoms with Crippen LogP contribution in [0.5, 0.6) is 0 Å². The zero-order valence-corrected chi connectivity index (χ0v) is 28.7. The van der Waals surface area contributed by atoms with Crippen molar-refractivity contribution in [3.05, 3.63) is 24.2 Å². The van der Waals surface area contributed by atoms with Crippen LogP contribution in [0.4, 0.5) is 4.79 Å². The van der Waals surface area contributed by atoms with Gasteiger partial charge >= 0.3 is 12.0 Å². The SMILES string of the molecule is CC(C)(C)[C@H](NC(=O)N[C@H](C(=O)N1C[C@H]2[C@@H]([C@H]1C(=O)NC(C(=O)C(N)=O)C1CCC1)C2(C)C)C1CCCCC1)C(=O)OCc1ccco1. The number of hydrogen-bond donors (Lipinski definition) is 4. The number of nitrogens with two attached hydrogens (primary N) is 1. The summed E-state index contributed by atoms with van der Waals surface area (Å²) in [6.45, 7) is 9.78. The number of hydrogen-bond acceptors (Lipinski definition) is 8. The predicted octanol–water partition coefficient (Wildman–Crippen LogP) is 2.81. The highest BCUT2D eigenvalue weighted by Gasteiger charge is 2.70. The molecular weight excluding hydrogens is 618 g/mol. The van der Waals surface area contributed by atoms with Crippen LogP contribution in [0.1, 0.15) is 91.7 Å². The van der Waals surface area contributed by atoms with E-state index in [2.05, 4.69) is 29.8 Å². The zero-order chi connectivity index (χ0) is 35.0. The number of ketones is 1. The monoisotopic (exact) mass is 669 g/mol. The van der Waals surface area contributed by atoms with Crippen molar-refractivity contribution in [1.29, 1.82) is 0 Å². The smallest absolute Gasteiger partial charge is 0.329 e. The Bertz CT molecular complexity index is 1390. The molecule has 1 saturated heterocycles. The third-order valence-corrected chi connectivity index (χ3v) is 11.2. The van der Waals surface area contributed by atoms with Crippen LogP contribution in [0.3, 0.4) is 0 Å². The van der Waals surface area contributed by atoms with Gasteiger partial charge in [-0.1, -0.05) is 60.3 Å². The first-order valence-corrected chi connectivity index (χ1v) is 17.3. The standard InChI is InChI=1S/C35H51N5O8/c1-34(2,3)28(32(45)48-18-21-15-10-16-47-21)39-33(46)38-25(20-11-7-6-8-12-20)31(44)40-17-22-23(35(22,4)5)26(40)30(43)37-24(19-13-9-14-19)27(41)29(36)42/h10,15-16,19-20,22-26,28H,6-9,11-14,17-18H2,1-5H3,(H2,36,42)(H,37,43)(H2,38,39,46)/t22-,23-,24?,25-,26-,28+/m0/s1. The fourth-order valence-corrected chi connectivity index (χ4v) is 7.97. The van der Waals surface area contributed by atoms with Gasteiger partial charge in [0.05, 0.1) is 6.26 Å². The van der Waals surface area contributed by atoms with Crippen LogP contribution < -0.4 is 21.7 Å². The number of ether oxygens (including phenoxy) is 1. The number of urea groups is 1. The van der Waals surface area contributed by atoms with Gasteiger partial charge in [0.2, 0.25) is 17.6 Å². The van der Waals surface area contributed by atoms with E-state index in [0.717, 1.165) is 38.5 Å². The van der Waals surface area contributed by atoms with Crippen LogP contribution in [0, 0.1) is 34.5 Å². The molecule has 0 aromatic carbocycles. The van der Waals surface area contributed by atoms with E-state index < -0.39 is 59.2 Å². The number of Topliss-reactive ketones (excluding diaryl/α,β-unsaturated/α-hetero) is 1. The van der Waals surface area contributed by atoms with E-state index in [1.165, 1.54) is 6.26 Å². The molecule has 0 bridgehead atoms. The van der Waals surface area contributed by atoms with Crippen LogP contribution in [-0.4, -0.2) is 71.1 Å². The summed E-state index contributed by atoms with van der Waals surface area (Å²) in [6, 6.07) is -1.17. The van der Waals surface area contributed by atoms with Gasteiger partial charge in [0.15, 0.2) is 0 Å². The van der Waals surface area contributed by atoms with Crippen molar-refractivity contribution in [3.8, 4) is 0 Å². The molecular formula is C35H51N5O8. The second kappa shape index (κ2) is 13.9. The first kappa shape index (κ1) is 35.4. The van der Waals surface area contributed by atoms with Gasteiger partial charge in [0.1, 0.15) is 36.5 Å². The molecule has 0 spiro atoms. The molecule has 1 aliphatic heterocycles. The molecule has 13 nitrogen and oxygen atoms in total. The highest BCUT2D eigenvalue weighted by Crippen LogP contribution is 2.65. The third kappa shape index (κ3) is 7.39.